The first-order valence-corrected chi connectivity index (χ1v) is 12.5. The average Bonchev–Trinajstić information content (AvgIpc) is 3.30. The molecule has 0 aliphatic heterocycles. The van der Waals surface area contributed by atoms with E-state index >= 15 is 0 Å². The van der Waals surface area contributed by atoms with Crippen molar-refractivity contribution < 1.29 is 9.59 Å². The molecule has 3 aromatic rings. The van der Waals surface area contributed by atoms with Crippen LogP contribution >= 0.6 is 11.6 Å². The molecule has 0 saturated heterocycles. The Balaban J connectivity index is 1.81. The van der Waals surface area contributed by atoms with Crippen LogP contribution < -0.4 is 0 Å². The second-order valence-corrected chi connectivity index (χ2v) is 9.71. The number of carbonyl (C=O) groups excluding carboxylic acids is 2. The summed E-state index contributed by atoms with van der Waals surface area (Å²) in [6, 6.07) is 19.1. The molecule has 0 aliphatic carbocycles. The average molecular weight is 506 g/mol. The van der Waals surface area contributed by atoms with Gasteiger partial charge in [-0.1, -0.05) is 49.4 Å². The van der Waals surface area contributed by atoms with E-state index in [2.05, 4.69) is 11.1 Å². The van der Waals surface area contributed by atoms with Crippen molar-refractivity contribution >= 4 is 23.4 Å². The Kier molecular flexibility index (Phi) is 9.66. The summed E-state index contributed by atoms with van der Waals surface area (Å²) in [5.41, 5.74) is 3.27. The number of benzene rings is 2. The molecule has 1 heterocycles. The number of halogens is 1. The maximum absolute atomic E-state index is 13.7. The second kappa shape index (κ2) is 12.9. The van der Waals surface area contributed by atoms with Gasteiger partial charge in [0.25, 0.3) is 0 Å². The van der Waals surface area contributed by atoms with Crippen LogP contribution in [0.3, 0.4) is 0 Å². The number of carbonyl (C=O) groups is 2. The van der Waals surface area contributed by atoms with Crippen LogP contribution in [0.1, 0.15) is 49.6 Å². The quantitative estimate of drug-likeness (QED) is 0.293. The fourth-order valence-corrected chi connectivity index (χ4v) is 3.96. The summed E-state index contributed by atoms with van der Waals surface area (Å²) in [7, 11) is 0. The van der Waals surface area contributed by atoms with Crippen LogP contribution in [0.25, 0.3) is 0 Å². The molecule has 0 radical (unpaired) electrons. The first-order chi connectivity index (χ1) is 17.3. The van der Waals surface area contributed by atoms with Crippen LogP contribution in [-0.4, -0.2) is 43.3 Å². The monoisotopic (exact) mass is 505 g/mol. The molecule has 0 N–H and O–H groups in total. The molecule has 2 amide bonds. The molecule has 3 rings (SSSR count). The van der Waals surface area contributed by atoms with Gasteiger partial charge in [-0.15, -0.1) is 11.6 Å². The zero-order valence-corrected chi connectivity index (χ0v) is 21.7. The minimum Gasteiger partial charge on any atom is -0.330 e. The zero-order chi connectivity index (χ0) is 26.1. The molecular weight excluding hydrogens is 474 g/mol. The van der Waals surface area contributed by atoms with Gasteiger partial charge in [0.15, 0.2) is 0 Å². The predicted octanol–water partition coefficient (Wildman–Crippen LogP) is 4.79. The van der Waals surface area contributed by atoms with Crippen molar-refractivity contribution in [2.45, 2.75) is 52.1 Å². The molecule has 0 aliphatic rings. The number of hydrazine groups is 1. The molecule has 0 bridgehead atoms. The first-order valence-electron chi connectivity index (χ1n) is 12.0. The molecule has 1 aromatic heterocycles. The van der Waals surface area contributed by atoms with Crippen molar-refractivity contribution in [1.82, 2.24) is 19.6 Å². The third-order valence-corrected chi connectivity index (χ3v) is 6.70. The molecule has 7 nitrogen and oxygen atoms in total. The zero-order valence-electron chi connectivity index (χ0n) is 21.0. The molecule has 0 saturated carbocycles. The molecule has 0 fully saturated rings. The van der Waals surface area contributed by atoms with Crippen LogP contribution in [0.4, 0.5) is 0 Å². The molecule has 188 valence electrons. The van der Waals surface area contributed by atoms with Gasteiger partial charge >= 0.3 is 0 Å². The highest BCUT2D eigenvalue weighted by Gasteiger charge is 2.26. The lowest BCUT2D eigenvalue weighted by Crippen LogP contribution is -2.50. The van der Waals surface area contributed by atoms with E-state index in [0.29, 0.717) is 25.1 Å². The highest BCUT2D eigenvalue weighted by molar-refractivity contribution is 6.20. The Morgan fingerprint density at radius 3 is 2.36 bits per heavy atom. The number of hydrogen-bond donors (Lipinski definition) is 0. The van der Waals surface area contributed by atoms with Crippen LogP contribution in [-0.2, 0) is 29.1 Å². The SMILES string of the molecule is CC(=O)N(CC[C@H](C)C(C)Cl)N(Cc1ccccc1)C(=O)Cc1cncn1Cc1ccc(C#N)cc1. The topological polar surface area (TPSA) is 82.2 Å². The Labute approximate surface area is 217 Å². The van der Waals surface area contributed by atoms with Gasteiger partial charge in [-0.2, -0.15) is 5.26 Å². The van der Waals surface area contributed by atoms with Gasteiger partial charge in [0, 0.05) is 37.3 Å². The van der Waals surface area contributed by atoms with E-state index in [1.165, 1.54) is 11.9 Å². The van der Waals surface area contributed by atoms with E-state index < -0.39 is 0 Å². The number of amides is 2. The van der Waals surface area contributed by atoms with Gasteiger partial charge in [0.2, 0.25) is 11.8 Å². The Morgan fingerprint density at radius 2 is 1.75 bits per heavy atom. The molecule has 2 aromatic carbocycles. The maximum atomic E-state index is 13.7. The Morgan fingerprint density at radius 1 is 1.06 bits per heavy atom. The normalized spacial score (nSPS) is 12.4. The van der Waals surface area contributed by atoms with Crippen LogP contribution in [0.15, 0.2) is 67.1 Å². The highest BCUT2D eigenvalue weighted by atomic mass is 35.5. The fourth-order valence-electron chi connectivity index (χ4n) is 3.83. The van der Waals surface area contributed by atoms with E-state index in [1.54, 1.807) is 29.7 Å². The fraction of sp³-hybridized carbons (Fsp3) is 0.357. The number of nitriles is 1. The number of nitrogens with zero attached hydrogens (tertiary/aromatic N) is 5. The first kappa shape index (κ1) is 27.0. The minimum absolute atomic E-state index is 0.0336. The van der Waals surface area contributed by atoms with E-state index in [4.69, 9.17) is 16.9 Å². The number of hydrogen-bond acceptors (Lipinski definition) is 4. The van der Waals surface area contributed by atoms with Crippen molar-refractivity contribution in [2.75, 3.05) is 6.54 Å². The summed E-state index contributed by atoms with van der Waals surface area (Å²) in [6.07, 6.45) is 4.14. The largest absolute Gasteiger partial charge is 0.330 e. The summed E-state index contributed by atoms with van der Waals surface area (Å²) in [5.74, 6) is -0.196. The van der Waals surface area contributed by atoms with Crippen molar-refractivity contribution in [3.8, 4) is 6.07 Å². The third-order valence-electron chi connectivity index (χ3n) is 6.27. The molecular formula is C28H32ClN5O2. The van der Waals surface area contributed by atoms with Crippen molar-refractivity contribution in [1.29, 1.82) is 5.26 Å². The standard InChI is InChI=1S/C28H32ClN5O2/c1-21(22(2)29)13-14-33(23(3)35)34(19-25-7-5-4-6-8-25)28(36)15-27-17-31-20-32(27)18-26-11-9-24(16-30)10-12-26/h4-12,17,20-22H,13-15,18-19H2,1-3H3/t21-,22?/m0/s1. The third kappa shape index (κ3) is 7.43. The maximum Gasteiger partial charge on any atom is 0.247 e. The van der Waals surface area contributed by atoms with Gasteiger partial charge in [0.05, 0.1) is 30.9 Å². The summed E-state index contributed by atoms with van der Waals surface area (Å²) in [6.45, 7) is 6.67. The summed E-state index contributed by atoms with van der Waals surface area (Å²) < 4.78 is 1.91. The van der Waals surface area contributed by atoms with Crippen molar-refractivity contribution in [3.63, 3.8) is 0 Å². The minimum atomic E-state index is -0.195. The predicted molar refractivity (Wildman–Crippen MR) is 140 cm³/mol. The number of imidazole rings is 1. The Hall–Kier alpha value is -3.63. The lowest BCUT2D eigenvalue weighted by molar-refractivity contribution is -0.164. The number of alkyl halides is 1. The van der Waals surface area contributed by atoms with E-state index in [1.807, 2.05) is 60.9 Å². The lowest BCUT2D eigenvalue weighted by atomic mass is 10.0. The number of aromatic nitrogens is 2. The van der Waals surface area contributed by atoms with Gasteiger partial charge in [-0.3, -0.25) is 14.6 Å². The summed E-state index contributed by atoms with van der Waals surface area (Å²) >= 11 is 6.25. The van der Waals surface area contributed by atoms with Crippen molar-refractivity contribution in [2.24, 2.45) is 5.92 Å². The summed E-state index contributed by atoms with van der Waals surface area (Å²) in [5, 5.41) is 12.1. The molecule has 8 heteroatoms. The molecule has 1 unspecified atom stereocenters. The summed E-state index contributed by atoms with van der Waals surface area (Å²) in [4.78, 5) is 30.6. The van der Waals surface area contributed by atoms with E-state index in [9.17, 15) is 9.59 Å². The lowest BCUT2D eigenvalue weighted by Gasteiger charge is -2.35. The van der Waals surface area contributed by atoms with Crippen LogP contribution in [0.2, 0.25) is 0 Å². The smallest absolute Gasteiger partial charge is 0.247 e. The van der Waals surface area contributed by atoms with Gasteiger partial charge in [0.1, 0.15) is 0 Å². The van der Waals surface area contributed by atoms with Crippen LogP contribution in [0, 0.1) is 17.2 Å². The number of rotatable bonds is 10. The Bertz CT molecular complexity index is 1180. The molecule has 0 spiro atoms. The van der Waals surface area contributed by atoms with Gasteiger partial charge < -0.3 is 4.57 Å². The van der Waals surface area contributed by atoms with Gasteiger partial charge in [-0.05, 0) is 42.5 Å². The van der Waals surface area contributed by atoms with Crippen LogP contribution in [0.5, 0.6) is 0 Å². The van der Waals surface area contributed by atoms with Crippen molar-refractivity contribution in [3.05, 3.63) is 89.5 Å². The molecule has 36 heavy (non-hydrogen) atoms. The van der Waals surface area contributed by atoms with E-state index in [0.717, 1.165) is 16.8 Å². The molecule has 2 atom stereocenters. The highest BCUT2D eigenvalue weighted by Crippen LogP contribution is 2.18. The second-order valence-electron chi connectivity index (χ2n) is 9.02. The van der Waals surface area contributed by atoms with Gasteiger partial charge in [-0.25, -0.2) is 9.99 Å². The van der Waals surface area contributed by atoms with E-state index in [-0.39, 0.29) is 36.1 Å².